The molecule has 0 amide bonds. The highest BCUT2D eigenvalue weighted by molar-refractivity contribution is 7.89. The van der Waals surface area contributed by atoms with Crippen molar-refractivity contribution in [2.75, 3.05) is 12.4 Å². The van der Waals surface area contributed by atoms with E-state index in [0.717, 1.165) is 0 Å². The second kappa shape index (κ2) is 3.86. The molecule has 0 atom stereocenters. The van der Waals surface area contributed by atoms with Gasteiger partial charge in [0, 0.05) is 0 Å². The average Bonchev–Trinajstić information content (AvgIpc) is 2.86. The molecule has 0 aromatic carbocycles. The van der Waals surface area contributed by atoms with Gasteiger partial charge in [0.25, 0.3) is 0 Å². The quantitative estimate of drug-likeness (QED) is 0.664. The van der Waals surface area contributed by atoms with Crippen LogP contribution in [0.2, 0.25) is 0 Å². The molecule has 0 aromatic rings. The Morgan fingerprint density at radius 1 is 1.43 bits per heavy atom. The Labute approximate surface area is 83.9 Å². The molecule has 1 aliphatic rings. The van der Waals surface area contributed by atoms with Gasteiger partial charge in [0.2, 0.25) is 10.0 Å². The lowest BCUT2D eigenvalue weighted by molar-refractivity contribution is -0.146. The van der Waals surface area contributed by atoms with Crippen LogP contribution in [0.15, 0.2) is 0 Å². The number of nitrogens with one attached hydrogen (secondary N) is 1. The highest BCUT2D eigenvalue weighted by atomic mass is 32.2. The zero-order valence-corrected chi connectivity index (χ0v) is 9.19. The van der Waals surface area contributed by atoms with Crippen LogP contribution in [-0.2, 0) is 19.6 Å². The monoisotopic (exact) mass is 221 g/mol. The summed E-state index contributed by atoms with van der Waals surface area (Å²) in [4.78, 5) is 11.4. The van der Waals surface area contributed by atoms with Gasteiger partial charge >= 0.3 is 5.97 Å². The molecule has 0 aliphatic heterocycles. The Kier molecular flexibility index (Phi) is 3.16. The van der Waals surface area contributed by atoms with Gasteiger partial charge in [-0.3, -0.25) is 4.79 Å². The van der Waals surface area contributed by atoms with Crippen molar-refractivity contribution < 1.29 is 17.9 Å². The molecule has 1 saturated carbocycles. The number of rotatable bonds is 5. The number of carbonyl (C=O) groups excluding carboxylic acids is 1. The summed E-state index contributed by atoms with van der Waals surface area (Å²) in [6.45, 7) is 3.50. The Balaban J connectivity index is 2.64. The lowest BCUT2D eigenvalue weighted by atomic mass is 10.3. The van der Waals surface area contributed by atoms with Crippen LogP contribution in [0.3, 0.4) is 0 Å². The summed E-state index contributed by atoms with van der Waals surface area (Å²) in [6, 6.07) is 0. The van der Waals surface area contributed by atoms with E-state index in [-0.39, 0.29) is 12.4 Å². The molecule has 0 bridgehead atoms. The smallest absolute Gasteiger partial charge is 0.327 e. The molecule has 6 heteroatoms. The fourth-order valence-electron chi connectivity index (χ4n) is 1.11. The minimum atomic E-state index is -3.33. The lowest BCUT2D eigenvalue weighted by Gasteiger charge is -2.14. The molecular weight excluding hydrogens is 206 g/mol. The number of hydrogen-bond donors (Lipinski definition) is 1. The van der Waals surface area contributed by atoms with Gasteiger partial charge in [-0.05, 0) is 26.7 Å². The fourth-order valence-corrected chi connectivity index (χ4v) is 2.14. The van der Waals surface area contributed by atoms with E-state index in [1.807, 2.05) is 0 Å². The van der Waals surface area contributed by atoms with Gasteiger partial charge < -0.3 is 4.74 Å². The summed E-state index contributed by atoms with van der Waals surface area (Å²) in [5, 5.41) is 0. The van der Waals surface area contributed by atoms with Crippen molar-refractivity contribution in [3.05, 3.63) is 0 Å². The second-order valence-corrected chi connectivity index (χ2v) is 5.32. The minimum absolute atomic E-state index is 0.0197. The highest BCUT2D eigenvalue weighted by Gasteiger charge is 2.53. The SMILES string of the molecule is CCOC(=O)C1(NS(=O)(=O)CC)CC1. The van der Waals surface area contributed by atoms with E-state index in [2.05, 4.69) is 4.72 Å². The average molecular weight is 221 g/mol. The van der Waals surface area contributed by atoms with E-state index in [9.17, 15) is 13.2 Å². The zero-order valence-electron chi connectivity index (χ0n) is 8.37. The summed E-state index contributed by atoms with van der Waals surface area (Å²) in [5.41, 5.74) is -0.954. The van der Waals surface area contributed by atoms with Gasteiger partial charge in [-0.1, -0.05) is 0 Å². The molecule has 0 aromatic heterocycles. The Morgan fingerprint density at radius 3 is 2.36 bits per heavy atom. The summed E-state index contributed by atoms with van der Waals surface area (Å²) >= 11 is 0. The van der Waals surface area contributed by atoms with Crippen LogP contribution in [0, 0.1) is 0 Å². The maximum absolute atomic E-state index is 11.4. The first-order valence-corrected chi connectivity index (χ1v) is 6.30. The molecule has 1 aliphatic carbocycles. The molecular formula is C8H15NO4S. The third-order valence-electron chi connectivity index (χ3n) is 2.15. The Morgan fingerprint density at radius 2 is 2.00 bits per heavy atom. The van der Waals surface area contributed by atoms with Crippen molar-refractivity contribution in [2.24, 2.45) is 0 Å². The summed E-state index contributed by atoms with van der Waals surface area (Å²) in [6.07, 6.45) is 1.07. The Bertz CT molecular complexity index is 318. The fraction of sp³-hybridized carbons (Fsp3) is 0.875. The van der Waals surface area contributed by atoms with E-state index < -0.39 is 21.5 Å². The van der Waals surface area contributed by atoms with Crippen LogP contribution in [-0.4, -0.2) is 32.3 Å². The second-order valence-electron chi connectivity index (χ2n) is 3.31. The third kappa shape index (κ3) is 2.45. The van der Waals surface area contributed by atoms with Crippen LogP contribution in [0.25, 0.3) is 0 Å². The first-order valence-electron chi connectivity index (χ1n) is 4.64. The first kappa shape index (κ1) is 11.5. The lowest BCUT2D eigenvalue weighted by Crippen LogP contribution is -2.44. The molecule has 1 rings (SSSR count). The molecule has 0 saturated heterocycles. The molecule has 0 unspecified atom stereocenters. The molecule has 0 radical (unpaired) electrons. The van der Waals surface area contributed by atoms with Gasteiger partial charge in [-0.25, -0.2) is 8.42 Å². The van der Waals surface area contributed by atoms with Gasteiger partial charge in [0.05, 0.1) is 12.4 Å². The van der Waals surface area contributed by atoms with Crippen molar-refractivity contribution >= 4 is 16.0 Å². The molecule has 1 fully saturated rings. The summed E-state index contributed by atoms with van der Waals surface area (Å²) in [5.74, 6) is -0.481. The van der Waals surface area contributed by atoms with Crippen molar-refractivity contribution in [1.29, 1.82) is 0 Å². The summed E-state index contributed by atoms with van der Waals surface area (Å²) in [7, 11) is -3.33. The van der Waals surface area contributed by atoms with E-state index in [1.165, 1.54) is 6.92 Å². The highest BCUT2D eigenvalue weighted by Crippen LogP contribution is 2.37. The normalized spacial score (nSPS) is 19.0. The van der Waals surface area contributed by atoms with Gasteiger partial charge in [-0.15, -0.1) is 0 Å². The predicted octanol–water partition coefficient (Wildman–Crippen LogP) is 0.0214. The van der Waals surface area contributed by atoms with Crippen LogP contribution < -0.4 is 4.72 Å². The number of sulfonamides is 1. The molecule has 0 heterocycles. The molecule has 14 heavy (non-hydrogen) atoms. The van der Waals surface area contributed by atoms with Crippen molar-refractivity contribution in [1.82, 2.24) is 4.72 Å². The number of hydrogen-bond acceptors (Lipinski definition) is 4. The van der Waals surface area contributed by atoms with Crippen LogP contribution in [0.5, 0.6) is 0 Å². The van der Waals surface area contributed by atoms with E-state index in [1.54, 1.807) is 6.92 Å². The number of carbonyl (C=O) groups is 1. The van der Waals surface area contributed by atoms with Crippen LogP contribution in [0.1, 0.15) is 26.7 Å². The third-order valence-corrected chi connectivity index (χ3v) is 3.61. The molecule has 5 nitrogen and oxygen atoms in total. The van der Waals surface area contributed by atoms with E-state index in [0.29, 0.717) is 12.8 Å². The molecule has 1 N–H and O–H groups in total. The summed E-state index contributed by atoms with van der Waals surface area (Å²) < 4.78 is 29.7. The van der Waals surface area contributed by atoms with Gasteiger partial charge in [0.15, 0.2) is 0 Å². The van der Waals surface area contributed by atoms with Crippen molar-refractivity contribution in [3.63, 3.8) is 0 Å². The van der Waals surface area contributed by atoms with Crippen molar-refractivity contribution in [3.8, 4) is 0 Å². The maximum Gasteiger partial charge on any atom is 0.327 e. The standard InChI is InChI=1S/C8H15NO4S/c1-3-13-7(10)8(5-6-8)9-14(11,12)4-2/h9H,3-6H2,1-2H3. The topological polar surface area (TPSA) is 72.5 Å². The van der Waals surface area contributed by atoms with Crippen LogP contribution >= 0.6 is 0 Å². The zero-order chi connectivity index (χ0) is 10.8. The number of esters is 1. The number of ether oxygens (including phenoxy) is 1. The van der Waals surface area contributed by atoms with Crippen molar-refractivity contribution in [2.45, 2.75) is 32.2 Å². The predicted molar refractivity (Wildman–Crippen MR) is 51.2 cm³/mol. The largest absolute Gasteiger partial charge is 0.465 e. The Hall–Kier alpha value is -0.620. The maximum atomic E-state index is 11.4. The van der Waals surface area contributed by atoms with Gasteiger partial charge in [-0.2, -0.15) is 4.72 Å². The van der Waals surface area contributed by atoms with Gasteiger partial charge in [0.1, 0.15) is 5.54 Å². The van der Waals surface area contributed by atoms with Crippen LogP contribution in [0.4, 0.5) is 0 Å². The minimum Gasteiger partial charge on any atom is -0.465 e. The van der Waals surface area contributed by atoms with E-state index in [4.69, 9.17) is 4.74 Å². The molecule has 82 valence electrons. The first-order chi connectivity index (χ1) is 6.46. The molecule has 0 spiro atoms. The van der Waals surface area contributed by atoms with E-state index >= 15 is 0 Å².